The normalized spacial score (nSPS) is 9.57. The zero-order valence-corrected chi connectivity index (χ0v) is 12.3. The van der Waals surface area contributed by atoms with Crippen LogP contribution in [0.2, 0.25) is 0 Å². The maximum absolute atomic E-state index is 12.0. The molecule has 0 N–H and O–H groups in total. The number of carbonyl (C=O) groups is 2. The van der Waals surface area contributed by atoms with Gasteiger partial charge in [0.1, 0.15) is 11.5 Å². The molecular formula is C17H13NO5. The van der Waals surface area contributed by atoms with Crippen molar-refractivity contribution in [3.63, 3.8) is 0 Å². The second-order valence-corrected chi connectivity index (χ2v) is 4.30. The van der Waals surface area contributed by atoms with Crippen molar-refractivity contribution < 1.29 is 23.8 Å². The number of benzene rings is 2. The van der Waals surface area contributed by atoms with E-state index in [4.69, 9.17) is 16.0 Å². The summed E-state index contributed by atoms with van der Waals surface area (Å²) in [4.78, 5) is 26.4. The van der Waals surface area contributed by atoms with Crippen LogP contribution >= 0.6 is 0 Å². The molecular weight excluding hydrogens is 298 g/mol. The van der Waals surface area contributed by atoms with Gasteiger partial charge in [-0.2, -0.15) is 0 Å². The summed E-state index contributed by atoms with van der Waals surface area (Å²) in [5.74, 6) is 0.0545. The fourth-order valence-electron chi connectivity index (χ4n) is 1.66. The molecule has 0 amide bonds. The standard InChI is InChI=1S/C17H13NO5/c1-3-21-17(20)23-15-8-4-12(5-9-15)16(19)22-14-10-6-13(18-2)7-11-14/h4-11H,3H2,1H3. The van der Waals surface area contributed by atoms with Crippen molar-refractivity contribution in [1.29, 1.82) is 0 Å². The molecule has 0 heterocycles. The van der Waals surface area contributed by atoms with E-state index in [9.17, 15) is 9.59 Å². The summed E-state index contributed by atoms with van der Waals surface area (Å²) >= 11 is 0. The van der Waals surface area contributed by atoms with Gasteiger partial charge in [-0.05, 0) is 43.3 Å². The van der Waals surface area contributed by atoms with Crippen LogP contribution in [0.25, 0.3) is 4.85 Å². The minimum Gasteiger partial charge on any atom is -0.434 e. The van der Waals surface area contributed by atoms with Crippen molar-refractivity contribution in [2.75, 3.05) is 6.61 Å². The highest BCUT2D eigenvalue weighted by Crippen LogP contribution is 2.20. The molecule has 23 heavy (non-hydrogen) atoms. The Morgan fingerprint density at radius 3 is 2.09 bits per heavy atom. The Hall–Kier alpha value is -3.33. The zero-order valence-electron chi connectivity index (χ0n) is 12.3. The Kier molecular flexibility index (Phi) is 5.31. The van der Waals surface area contributed by atoms with Crippen LogP contribution in [0.4, 0.5) is 10.5 Å². The van der Waals surface area contributed by atoms with E-state index >= 15 is 0 Å². The summed E-state index contributed by atoms with van der Waals surface area (Å²) < 4.78 is 14.7. The van der Waals surface area contributed by atoms with Crippen molar-refractivity contribution in [3.8, 4) is 11.5 Å². The van der Waals surface area contributed by atoms with Crippen LogP contribution in [0.5, 0.6) is 11.5 Å². The number of ether oxygens (including phenoxy) is 3. The van der Waals surface area contributed by atoms with E-state index in [2.05, 4.69) is 9.58 Å². The monoisotopic (exact) mass is 311 g/mol. The summed E-state index contributed by atoms with van der Waals surface area (Å²) in [6.07, 6.45) is -0.803. The summed E-state index contributed by atoms with van der Waals surface area (Å²) in [6, 6.07) is 12.1. The number of esters is 1. The zero-order chi connectivity index (χ0) is 16.7. The molecule has 0 atom stereocenters. The number of hydrogen-bond donors (Lipinski definition) is 0. The van der Waals surface area contributed by atoms with Gasteiger partial charge in [-0.1, -0.05) is 12.1 Å². The minimum atomic E-state index is -0.803. The smallest absolute Gasteiger partial charge is 0.434 e. The highest BCUT2D eigenvalue weighted by molar-refractivity contribution is 5.91. The molecule has 0 saturated carbocycles. The van der Waals surface area contributed by atoms with Crippen LogP contribution < -0.4 is 9.47 Å². The molecule has 2 aromatic rings. The van der Waals surface area contributed by atoms with Gasteiger partial charge in [0.2, 0.25) is 0 Å². The third kappa shape index (κ3) is 4.58. The average molecular weight is 311 g/mol. The molecule has 0 aliphatic carbocycles. The van der Waals surface area contributed by atoms with E-state index in [1.807, 2.05) is 0 Å². The molecule has 2 aromatic carbocycles. The van der Waals surface area contributed by atoms with Gasteiger partial charge >= 0.3 is 12.1 Å². The fourth-order valence-corrected chi connectivity index (χ4v) is 1.66. The predicted octanol–water partition coefficient (Wildman–Crippen LogP) is 3.99. The molecule has 6 nitrogen and oxygen atoms in total. The fraction of sp³-hybridized carbons (Fsp3) is 0.118. The number of rotatable bonds is 4. The SMILES string of the molecule is [C-]#[N+]c1ccc(OC(=O)c2ccc(OC(=O)OCC)cc2)cc1. The first-order chi connectivity index (χ1) is 11.1. The van der Waals surface area contributed by atoms with E-state index in [0.717, 1.165) is 0 Å². The number of carbonyl (C=O) groups excluding carboxylic acids is 2. The third-order valence-corrected chi connectivity index (χ3v) is 2.73. The quantitative estimate of drug-likeness (QED) is 0.369. The lowest BCUT2D eigenvalue weighted by Gasteiger charge is -2.06. The van der Waals surface area contributed by atoms with Crippen molar-refractivity contribution in [2.45, 2.75) is 6.92 Å². The van der Waals surface area contributed by atoms with Crippen molar-refractivity contribution in [1.82, 2.24) is 0 Å². The van der Waals surface area contributed by atoms with Crippen LogP contribution in [0.15, 0.2) is 48.5 Å². The Morgan fingerprint density at radius 1 is 0.957 bits per heavy atom. The van der Waals surface area contributed by atoms with Gasteiger partial charge in [0.15, 0.2) is 5.69 Å². The molecule has 0 bridgehead atoms. The molecule has 0 aliphatic heterocycles. The molecule has 2 rings (SSSR count). The van der Waals surface area contributed by atoms with Gasteiger partial charge in [-0.25, -0.2) is 14.4 Å². The average Bonchev–Trinajstić information content (AvgIpc) is 2.56. The molecule has 0 fully saturated rings. The van der Waals surface area contributed by atoms with E-state index in [0.29, 0.717) is 17.0 Å². The predicted molar refractivity (Wildman–Crippen MR) is 81.8 cm³/mol. The molecule has 0 spiro atoms. The van der Waals surface area contributed by atoms with Crippen molar-refractivity contribution in [2.24, 2.45) is 0 Å². The van der Waals surface area contributed by atoms with Crippen LogP contribution in [0.3, 0.4) is 0 Å². The maximum Gasteiger partial charge on any atom is 0.513 e. The lowest BCUT2D eigenvalue weighted by molar-refractivity contribution is 0.0735. The third-order valence-electron chi connectivity index (χ3n) is 2.73. The Bertz CT molecular complexity index is 729. The summed E-state index contributed by atoms with van der Waals surface area (Å²) in [5, 5.41) is 0. The number of hydrogen-bond acceptors (Lipinski definition) is 5. The summed E-state index contributed by atoms with van der Waals surface area (Å²) in [5.41, 5.74) is 0.765. The molecule has 0 aromatic heterocycles. The Morgan fingerprint density at radius 2 is 1.52 bits per heavy atom. The van der Waals surface area contributed by atoms with Crippen LogP contribution in [-0.2, 0) is 4.74 Å². The first-order valence-electron chi connectivity index (χ1n) is 6.76. The highest BCUT2D eigenvalue weighted by atomic mass is 16.7. The molecule has 6 heteroatoms. The van der Waals surface area contributed by atoms with Gasteiger partial charge in [-0.3, -0.25) is 0 Å². The van der Waals surface area contributed by atoms with E-state index in [1.54, 1.807) is 31.2 Å². The number of nitrogens with zero attached hydrogens (tertiary/aromatic N) is 1. The van der Waals surface area contributed by atoms with E-state index in [1.165, 1.54) is 24.3 Å². The Labute approximate surface area is 133 Å². The van der Waals surface area contributed by atoms with Gasteiger partial charge < -0.3 is 14.2 Å². The van der Waals surface area contributed by atoms with Gasteiger partial charge in [-0.15, -0.1) is 0 Å². The molecule has 0 unspecified atom stereocenters. The topological polar surface area (TPSA) is 66.2 Å². The lowest BCUT2D eigenvalue weighted by Crippen LogP contribution is -2.11. The highest BCUT2D eigenvalue weighted by Gasteiger charge is 2.10. The van der Waals surface area contributed by atoms with E-state index in [-0.39, 0.29) is 12.4 Å². The molecule has 116 valence electrons. The van der Waals surface area contributed by atoms with Gasteiger partial charge in [0, 0.05) is 0 Å². The second kappa shape index (κ2) is 7.61. The molecule has 0 radical (unpaired) electrons. The van der Waals surface area contributed by atoms with Crippen molar-refractivity contribution in [3.05, 3.63) is 65.5 Å². The Balaban J connectivity index is 1.99. The second-order valence-electron chi connectivity index (χ2n) is 4.30. The summed E-state index contributed by atoms with van der Waals surface area (Å²) in [6.45, 7) is 8.75. The van der Waals surface area contributed by atoms with E-state index < -0.39 is 12.1 Å². The van der Waals surface area contributed by atoms with Crippen LogP contribution in [0.1, 0.15) is 17.3 Å². The maximum atomic E-state index is 12.0. The largest absolute Gasteiger partial charge is 0.513 e. The first kappa shape index (κ1) is 16.0. The van der Waals surface area contributed by atoms with Crippen LogP contribution in [-0.4, -0.2) is 18.7 Å². The van der Waals surface area contributed by atoms with Crippen molar-refractivity contribution >= 4 is 17.8 Å². The first-order valence-corrected chi connectivity index (χ1v) is 6.76. The lowest BCUT2D eigenvalue weighted by atomic mass is 10.2. The van der Waals surface area contributed by atoms with Gasteiger partial charge in [0.05, 0.1) is 18.7 Å². The van der Waals surface area contributed by atoms with Crippen LogP contribution in [0, 0.1) is 6.57 Å². The van der Waals surface area contributed by atoms with Gasteiger partial charge in [0.25, 0.3) is 0 Å². The summed E-state index contributed by atoms with van der Waals surface area (Å²) in [7, 11) is 0. The molecule has 0 aliphatic rings. The minimum absolute atomic E-state index is 0.218. The molecule has 0 saturated heterocycles.